The molecule has 1 aromatic rings. The van der Waals surface area contributed by atoms with E-state index in [-0.39, 0.29) is 12.1 Å². The summed E-state index contributed by atoms with van der Waals surface area (Å²) < 4.78 is 11.0. The van der Waals surface area contributed by atoms with E-state index in [1.54, 1.807) is 20.4 Å². The van der Waals surface area contributed by atoms with E-state index in [1.807, 2.05) is 12.1 Å². The van der Waals surface area contributed by atoms with Crippen LogP contribution in [-0.2, 0) is 4.74 Å². The lowest BCUT2D eigenvalue weighted by Crippen LogP contribution is -2.37. The van der Waals surface area contributed by atoms with Crippen LogP contribution in [-0.4, -0.2) is 31.9 Å². The Morgan fingerprint density at radius 3 is 2.56 bits per heavy atom. The Hall–Kier alpha value is -1.13. The fourth-order valence-corrected chi connectivity index (χ4v) is 2.19. The average Bonchev–Trinajstić information content (AvgIpc) is 2.38. The summed E-state index contributed by atoms with van der Waals surface area (Å²) in [4.78, 5) is 4.45. The van der Waals surface area contributed by atoms with Crippen molar-refractivity contribution < 1.29 is 9.47 Å². The monoisotopic (exact) mass is 252 g/mol. The van der Waals surface area contributed by atoms with Crippen molar-refractivity contribution in [2.75, 3.05) is 20.8 Å². The number of aromatic nitrogens is 1. The zero-order valence-corrected chi connectivity index (χ0v) is 11.9. The van der Waals surface area contributed by atoms with E-state index in [2.05, 4.69) is 31.1 Å². The van der Waals surface area contributed by atoms with Gasteiger partial charge in [0.2, 0.25) is 0 Å². The lowest BCUT2D eigenvalue weighted by atomic mass is 9.96. The number of nitrogens with one attached hydrogen (secondary N) is 1. The van der Waals surface area contributed by atoms with Gasteiger partial charge < -0.3 is 14.8 Å². The maximum atomic E-state index is 5.62. The number of hydrogen-bond donors (Lipinski definition) is 1. The molecule has 2 unspecified atom stereocenters. The second kappa shape index (κ2) is 7.34. The highest BCUT2D eigenvalue weighted by Gasteiger charge is 2.28. The van der Waals surface area contributed by atoms with Gasteiger partial charge in [-0.15, -0.1) is 0 Å². The Morgan fingerprint density at radius 1 is 1.33 bits per heavy atom. The predicted octanol–water partition coefficient (Wildman–Crippen LogP) is 2.41. The predicted molar refractivity (Wildman–Crippen MR) is 72.8 cm³/mol. The Balaban J connectivity index is 3.09. The Labute approximate surface area is 110 Å². The molecule has 4 nitrogen and oxygen atoms in total. The minimum absolute atomic E-state index is 0.0381. The van der Waals surface area contributed by atoms with E-state index in [1.165, 1.54) is 0 Å². The molecule has 0 radical (unpaired) electrons. The van der Waals surface area contributed by atoms with Gasteiger partial charge in [-0.1, -0.05) is 20.8 Å². The van der Waals surface area contributed by atoms with E-state index in [4.69, 9.17) is 9.47 Å². The number of hydrogen-bond acceptors (Lipinski definition) is 4. The van der Waals surface area contributed by atoms with Gasteiger partial charge in [0.1, 0.15) is 11.4 Å². The van der Waals surface area contributed by atoms with Gasteiger partial charge in [-0.2, -0.15) is 0 Å². The van der Waals surface area contributed by atoms with E-state index in [0.29, 0.717) is 5.92 Å². The molecule has 0 aromatic carbocycles. The third-order valence-corrected chi connectivity index (χ3v) is 3.00. The SMILES string of the molecule is CCNC(c1ncccc1OC)C(OC)C(C)C. The van der Waals surface area contributed by atoms with Crippen molar-refractivity contribution in [1.29, 1.82) is 0 Å². The van der Waals surface area contributed by atoms with E-state index >= 15 is 0 Å². The number of nitrogens with zero attached hydrogens (tertiary/aromatic N) is 1. The van der Waals surface area contributed by atoms with Crippen molar-refractivity contribution >= 4 is 0 Å². The van der Waals surface area contributed by atoms with Crippen LogP contribution in [0.2, 0.25) is 0 Å². The molecular formula is C14H24N2O2. The average molecular weight is 252 g/mol. The van der Waals surface area contributed by atoms with E-state index in [0.717, 1.165) is 18.0 Å². The summed E-state index contributed by atoms with van der Waals surface area (Å²) >= 11 is 0. The molecule has 0 aliphatic rings. The van der Waals surface area contributed by atoms with Crippen molar-refractivity contribution in [3.63, 3.8) is 0 Å². The molecular weight excluding hydrogens is 228 g/mol. The molecule has 1 N–H and O–H groups in total. The fraction of sp³-hybridized carbons (Fsp3) is 0.643. The Bertz CT molecular complexity index is 355. The second-order valence-corrected chi connectivity index (χ2v) is 4.57. The molecule has 4 heteroatoms. The smallest absolute Gasteiger partial charge is 0.142 e. The first-order chi connectivity index (χ1) is 8.65. The highest BCUT2D eigenvalue weighted by atomic mass is 16.5. The highest BCUT2D eigenvalue weighted by Crippen LogP contribution is 2.29. The van der Waals surface area contributed by atoms with Gasteiger partial charge in [0.15, 0.2) is 0 Å². The Morgan fingerprint density at radius 2 is 2.06 bits per heavy atom. The van der Waals surface area contributed by atoms with Crippen LogP contribution >= 0.6 is 0 Å². The maximum absolute atomic E-state index is 5.62. The molecule has 1 aromatic heterocycles. The van der Waals surface area contributed by atoms with Gasteiger partial charge in [-0.25, -0.2) is 0 Å². The van der Waals surface area contributed by atoms with Gasteiger partial charge in [-0.05, 0) is 24.6 Å². The van der Waals surface area contributed by atoms with Crippen molar-refractivity contribution in [3.05, 3.63) is 24.0 Å². The summed E-state index contributed by atoms with van der Waals surface area (Å²) in [5.41, 5.74) is 0.905. The zero-order valence-electron chi connectivity index (χ0n) is 11.9. The Kier molecular flexibility index (Phi) is 6.09. The number of likely N-dealkylation sites (N-methyl/N-ethyl adjacent to an activating group) is 1. The van der Waals surface area contributed by atoms with Crippen molar-refractivity contribution in [1.82, 2.24) is 10.3 Å². The number of methoxy groups -OCH3 is 2. The summed E-state index contributed by atoms with van der Waals surface area (Å²) in [6, 6.07) is 3.85. The molecule has 0 aliphatic heterocycles. The molecule has 102 valence electrons. The first-order valence-corrected chi connectivity index (χ1v) is 6.40. The van der Waals surface area contributed by atoms with Crippen LogP contribution in [0.5, 0.6) is 5.75 Å². The molecule has 1 rings (SSSR count). The van der Waals surface area contributed by atoms with Gasteiger partial charge in [0, 0.05) is 13.3 Å². The first kappa shape index (κ1) is 14.9. The highest BCUT2D eigenvalue weighted by molar-refractivity contribution is 5.30. The van der Waals surface area contributed by atoms with Gasteiger partial charge in [0.05, 0.1) is 19.3 Å². The quantitative estimate of drug-likeness (QED) is 0.809. The largest absolute Gasteiger partial charge is 0.495 e. The van der Waals surface area contributed by atoms with E-state index < -0.39 is 0 Å². The minimum atomic E-state index is 0.0381. The number of pyridine rings is 1. The van der Waals surface area contributed by atoms with Gasteiger partial charge in [-0.3, -0.25) is 4.98 Å². The summed E-state index contributed by atoms with van der Waals surface area (Å²) in [7, 11) is 3.41. The summed E-state index contributed by atoms with van der Waals surface area (Å²) in [5, 5.41) is 3.44. The molecule has 2 atom stereocenters. The molecule has 0 saturated heterocycles. The number of ether oxygens (including phenoxy) is 2. The molecule has 0 amide bonds. The van der Waals surface area contributed by atoms with Gasteiger partial charge >= 0.3 is 0 Å². The van der Waals surface area contributed by atoms with Crippen LogP contribution in [0.1, 0.15) is 32.5 Å². The van der Waals surface area contributed by atoms with Crippen LogP contribution in [0.25, 0.3) is 0 Å². The molecule has 0 fully saturated rings. The summed E-state index contributed by atoms with van der Waals surface area (Å²) in [6.07, 6.45) is 1.85. The molecule has 0 bridgehead atoms. The van der Waals surface area contributed by atoms with Crippen LogP contribution < -0.4 is 10.1 Å². The van der Waals surface area contributed by atoms with Crippen LogP contribution in [0, 0.1) is 5.92 Å². The molecule has 1 heterocycles. The van der Waals surface area contributed by atoms with E-state index in [9.17, 15) is 0 Å². The normalized spacial score (nSPS) is 14.6. The zero-order chi connectivity index (χ0) is 13.5. The fourth-order valence-electron chi connectivity index (χ4n) is 2.19. The van der Waals surface area contributed by atoms with Crippen molar-refractivity contribution in [2.24, 2.45) is 5.92 Å². The third kappa shape index (κ3) is 3.43. The van der Waals surface area contributed by atoms with Gasteiger partial charge in [0.25, 0.3) is 0 Å². The van der Waals surface area contributed by atoms with Crippen molar-refractivity contribution in [2.45, 2.75) is 32.9 Å². The standard InChI is InChI=1S/C14H24N2O2/c1-6-15-13(14(18-5)10(2)3)12-11(17-4)8-7-9-16-12/h7-10,13-15H,6H2,1-5H3. The minimum Gasteiger partial charge on any atom is -0.495 e. The first-order valence-electron chi connectivity index (χ1n) is 6.40. The molecule has 18 heavy (non-hydrogen) atoms. The van der Waals surface area contributed by atoms with Crippen LogP contribution in [0.15, 0.2) is 18.3 Å². The second-order valence-electron chi connectivity index (χ2n) is 4.57. The summed E-state index contributed by atoms with van der Waals surface area (Å²) in [5.74, 6) is 1.19. The van der Waals surface area contributed by atoms with Crippen LogP contribution in [0.3, 0.4) is 0 Å². The molecule has 0 spiro atoms. The third-order valence-electron chi connectivity index (χ3n) is 3.00. The maximum Gasteiger partial charge on any atom is 0.142 e. The number of rotatable bonds is 7. The lowest BCUT2D eigenvalue weighted by Gasteiger charge is -2.30. The topological polar surface area (TPSA) is 43.4 Å². The molecule has 0 saturated carbocycles. The summed E-state index contributed by atoms with van der Waals surface area (Å²) in [6.45, 7) is 7.23. The van der Waals surface area contributed by atoms with Crippen LogP contribution in [0.4, 0.5) is 0 Å². The van der Waals surface area contributed by atoms with Crippen molar-refractivity contribution in [3.8, 4) is 5.75 Å². The lowest BCUT2D eigenvalue weighted by molar-refractivity contribution is 0.0312. The molecule has 0 aliphatic carbocycles.